The molecule has 6 atom stereocenters. The Morgan fingerprint density at radius 2 is 0.889 bits per heavy atom. The van der Waals surface area contributed by atoms with Crippen LogP contribution in [0.4, 0.5) is 0 Å². The maximum absolute atomic E-state index is 12.8. The Hall–Kier alpha value is -2.57. The molecule has 366 valence electrons. The van der Waals surface area contributed by atoms with E-state index in [1.807, 2.05) is 0 Å². The highest BCUT2D eigenvalue weighted by atomic mass is 16.7. The van der Waals surface area contributed by atoms with Gasteiger partial charge in [0.2, 0.25) is 0 Å². The van der Waals surface area contributed by atoms with Gasteiger partial charge in [-0.05, 0) is 70.6 Å². The number of hydrogen-bond donors (Lipinski definition) is 4. The van der Waals surface area contributed by atoms with Gasteiger partial charge in [0.15, 0.2) is 18.5 Å². The molecule has 0 aliphatic carbocycles. The number of esters is 2. The number of carboxylic acids is 1. The van der Waals surface area contributed by atoms with Crippen LogP contribution < -0.4 is 0 Å². The van der Waals surface area contributed by atoms with Crippen molar-refractivity contribution in [3.05, 3.63) is 36.5 Å². The lowest BCUT2D eigenvalue weighted by molar-refractivity contribution is -0.298. The molecule has 0 aromatic heterocycles. The van der Waals surface area contributed by atoms with Gasteiger partial charge >= 0.3 is 17.9 Å². The van der Waals surface area contributed by atoms with Gasteiger partial charge in [0.25, 0.3) is 0 Å². The minimum Gasteiger partial charge on any atom is -0.479 e. The summed E-state index contributed by atoms with van der Waals surface area (Å²) in [5.74, 6) is -2.45. The summed E-state index contributed by atoms with van der Waals surface area (Å²) in [7, 11) is 0. The van der Waals surface area contributed by atoms with Crippen molar-refractivity contribution in [1.29, 1.82) is 0 Å². The number of ether oxygens (including phenoxy) is 4. The number of aliphatic hydroxyl groups excluding tert-OH is 3. The molecule has 1 fully saturated rings. The fourth-order valence-corrected chi connectivity index (χ4v) is 7.67. The number of rotatable bonds is 43. The van der Waals surface area contributed by atoms with Crippen molar-refractivity contribution >= 4 is 17.9 Å². The number of unbranched alkanes of at least 4 members (excludes halogenated alkanes) is 26. The summed E-state index contributed by atoms with van der Waals surface area (Å²) >= 11 is 0. The highest BCUT2D eigenvalue weighted by Gasteiger charge is 2.47. The number of hydrogen-bond acceptors (Lipinski definition) is 10. The minimum atomic E-state index is -1.86. The smallest absolute Gasteiger partial charge is 0.335 e. The molecule has 0 spiro atoms. The van der Waals surface area contributed by atoms with Crippen molar-refractivity contribution in [2.45, 2.75) is 263 Å². The van der Waals surface area contributed by atoms with Gasteiger partial charge in [-0.3, -0.25) is 9.59 Å². The zero-order chi connectivity index (χ0) is 46.0. The predicted octanol–water partition coefficient (Wildman–Crippen LogP) is 11.9. The van der Waals surface area contributed by atoms with Crippen molar-refractivity contribution in [3.63, 3.8) is 0 Å². The average Bonchev–Trinajstić information content (AvgIpc) is 3.27. The standard InChI is InChI=1S/C52H92O11/c1-3-5-7-9-11-13-15-17-19-21-23-25-26-28-30-32-34-36-38-40-45(53)60-42-44(43-61-52-49(57)47(55)48(56)50(63-52)51(58)59)62-46(54)41-39-37-35-33-31-29-27-24-22-20-18-16-14-12-10-8-6-4-2/h11,13,17,19-20,22,44,47-50,52,55-57H,3-10,12,14-16,18,21,23-43H2,1-2H3,(H,58,59)/b13-11-,19-17-,22-20-. The predicted molar refractivity (Wildman–Crippen MR) is 252 cm³/mol. The third-order valence-corrected chi connectivity index (χ3v) is 11.7. The Labute approximate surface area is 382 Å². The molecule has 0 bridgehead atoms. The van der Waals surface area contributed by atoms with E-state index in [4.69, 9.17) is 18.9 Å². The summed E-state index contributed by atoms with van der Waals surface area (Å²) in [5, 5.41) is 39.9. The number of carbonyl (C=O) groups excluding carboxylic acids is 2. The minimum absolute atomic E-state index is 0.178. The number of carbonyl (C=O) groups is 3. The first-order chi connectivity index (χ1) is 30.7. The van der Waals surface area contributed by atoms with E-state index in [-0.39, 0.29) is 19.4 Å². The second-order valence-electron chi connectivity index (χ2n) is 17.7. The Balaban J connectivity index is 2.31. The van der Waals surface area contributed by atoms with E-state index in [9.17, 15) is 34.8 Å². The summed E-state index contributed by atoms with van der Waals surface area (Å²) in [4.78, 5) is 37.0. The van der Waals surface area contributed by atoms with Crippen LogP contribution in [0.3, 0.4) is 0 Å². The van der Waals surface area contributed by atoms with Gasteiger partial charge in [0, 0.05) is 12.8 Å². The first-order valence-electron chi connectivity index (χ1n) is 25.5. The van der Waals surface area contributed by atoms with Gasteiger partial charge < -0.3 is 39.4 Å². The third-order valence-electron chi connectivity index (χ3n) is 11.7. The van der Waals surface area contributed by atoms with Gasteiger partial charge in [-0.1, -0.05) is 179 Å². The largest absolute Gasteiger partial charge is 0.479 e. The number of allylic oxidation sites excluding steroid dienone is 6. The van der Waals surface area contributed by atoms with Crippen LogP contribution in [-0.2, 0) is 33.3 Å². The molecule has 0 aromatic rings. The Morgan fingerprint density at radius 1 is 0.492 bits per heavy atom. The maximum Gasteiger partial charge on any atom is 0.335 e. The molecule has 1 heterocycles. The zero-order valence-electron chi connectivity index (χ0n) is 39.8. The number of aliphatic carboxylic acids is 1. The van der Waals surface area contributed by atoms with E-state index in [1.165, 1.54) is 128 Å². The fraction of sp³-hybridized carbons (Fsp3) is 0.827. The molecule has 11 nitrogen and oxygen atoms in total. The lowest BCUT2D eigenvalue weighted by atomic mass is 9.99. The van der Waals surface area contributed by atoms with Crippen molar-refractivity contribution in [1.82, 2.24) is 0 Å². The first-order valence-corrected chi connectivity index (χ1v) is 25.5. The van der Waals surface area contributed by atoms with Crippen LogP contribution in [0.25, 0.3) is 0 Å². The molecule has 1 saturated heterocycles. The Kier molecular flexibility index (Phi) is 39.0. The van der Waals surface area contributed by atoms with Gasteiger partial charge in [-0.15, -0.1) is 0 Å². The second kappa shape index (κ2) is 42.1. The molecule has 1 aliphatic rings. The van der Waals surface area contributed by atoms with Gasteiger partial charge in [-0.25, -0.2) is 4.79 Å². The van der Waals surface area contributed by atoms with Crippen LogP contribution in [0, 0.1) is 0 Å². The van der Waals surface area contributed by atoms with Crippen molar-refractivity contribution in [2.75, 3.05) is 13.2 Å². The van der Waals surface area contributed by atoms with E-state index in [0.717, 1.165) is 57.8 Å². The summed E-state index contributed by atoms with van der Waals surface area (Å²) in [6.07, 6.45) is 40.4. The zero-order valence-corrected chi connectivity index (χ0v) is 39.8. The van der Waals surface area contributed by atoms with E-state index in [1.54, 1.807) is 0 Å². The molecular formula is C52H92O11. The molecule has 6 unspecified atom stereocenters. The van der Waals surface area contributed by atoms with Crippen LogP contribution in [0.1, 0.15) is 226 Å². The van der Waals surface area contributed by atoms with E-state index >= 15 is 0 Å². The average molecular weight is 893 g/mol. The van der Waals surface area contributed by atoms with Crippen LogP contribution in [-0.4, -0.2) is 88.4 Å². The molecule has 0 amide bonds. The van der Waals surface area contributed by atoms with Crippen molar-refractivity contribution in [3.8, 4) is 0 Å². The molecule has 1 aliphatic heterocycles. The molecular weight excluding hydrogens is 801 g/mol. The van der Waals surface area contributed by atoms with Crippen LogP contribution in [0.2, 0.25) is 0 Å². The van der Waals surface area contributed by atoms with E-state index in [0.29, 0.717) is 12.8 Å². The molecule has 0 radical (unpaired) electrons. The molecule has 11 heteroatoms. The SMILES string of the molecule is CCCCC/C=C\C/C=C\CCCCCCCCCCCC(=O)OCC(COC1OC(C(=O)O)C(O)C(O)C1O)OC(=O)CCCCCCCCC/C=C\CCCCCCCCC. The molecule has 4 N–H and O–H groups in total. The fourth-order valence-electron chi connectivity index (χ4n) is 7.67. The van der Waals surface area contributed by atoms with Crippen LogP contribution in [0.5, 0.6) is 0 Å². The van der Waals surface area contributed by atoms with Gasteiger partial charge in [0.1, 0.15) is 24.9 Å². The molecule has 0 aromatic carbocycles. The van der Waals surface area contributed by atoms with Gasteiger partial charge in [-0.2, -0.15) is 0 Å². The lowest BCUT2D eigenvalue weighted by Crippen LogP contribution is -2.60. The van der Waals surface area contributed by atoms with Gasteiger partial charge in [0.05, 0.1) is 6.61 Å². The number of carboxylic acid groups (broad SMARTS) is 1. The molecule has 1 rings (SSSR count). The first kappa shape index (κ1) is 58.4. The lowest BCUT2D eigenvalue weighted by Gasteiger charge is -2.38. The Bertz CT molecular complexity index is 1190. The number of aliphatic hydroxyl groups is 3. The molecule has 0 saturated carbocycles. The summed E-state index contributed by atoms with van der Waals surface area (Å²) in [6, 6.07) is 0. The summed E-state index contributed by atoms with van der Waals surface area (Å²) in [6.45, 7) is 3.80. The van der Waals surface area contributed by atoms with Crippen LogP contribution in [0.15, 0.2) is 36.5 Å². The molecule has 63 heavy (non-hydrogen) atoms. The quantitative estimate of drug-likeness (QED) is 0.0261. The second-order valence-corrected chi connectivity index (χ2v) is 17.7. The van der Waals surface area contributed by atoms with Crippen molar-refractivity contribution < 1.29 is 53.8 Å². The Morgan fingerprint density at radius 3 is 1.37 bits per heavy atom. The topological polar surface area (TPSA) is 169 Å². The summed E-state index contributed by atoms with van der Waals surface area (Å²) in [5.41, 5.74) is 0. The highest BCUT2D eigenvalue weighted by Crippen LogP contribution is 2.23. The maximum atomic E-state index is 12.8. The van der Waals surface area contributed by atoms with E-state index in [2.05, 4.69) is 50.3 Å². The monoisotopic (exact) mass is 893 g/mol. The van der Waals surface area contributed by atoms with Crippen molar-refractivity contribution in [2.24, 2.45) is 0 Å². The third kappa shape index (κ3) is 33.6. The van der Waals surface area contributed by atoms with Crippen LogP contribution >= 0.6 is 0 Å². The summed E-state index contributed by atoms with van der Waals surface area (Å²) < 4.78 is 21.8. The normalized spacial score (nSPS) is 19.7. The highest BCUT2D eigenvalue weighted by molar-refractivity contribution is 5.73. The van der Waals surface area contributed by atoms with E-state index < -0.39 is 61.3 Å².